The van der Waals surface area contributed by atoms with Crippen LogP contribution >= 0.6 is 12.2 Å². The molecule has 3 rings (SSSR count). The maximum Gasteiger partial charge on any atom is 0.193 e. The lowest BCUT2D eigenvalue weighted by Crippen LogP contribution is -2.41. The first-order valence-corrected chi connectivity index (χ1v) is 7.53. The summed E-state index contributed by atoms with van der Waals surface area (Å²) in [5.74, 6) is -1.40. The average molecular weight is 331 g/mol. The van der Waals surface area contributed by atoms with Gasteiger partial charge in [-0.1, -0.05) is 0 Å². The summed E-state index contributed by atoms with van der Waals surface area (Å²) in [7, 11) is 0. The van der Waals surface area contributed by atoms with Gasteiger partial charge >= 0.3 is 0 Å². The summed E-state index contributed by atoms with van der Waals surface area (Å²) in [4.78, 5) is 0. The van der Waals surface area contributed by atoms with Gasteiger partial charge in [0.05, 0.1) is 6.61 Å². The molecule has 124 valence electrons. The second-order valence-electron chi connectivity index (χ2n) is 6.36. The van der Waals surface area contributed by atoms with E-state index in [1.807, 2.05) is 27.7 Å². The van der Waals surface area contributed by atoms with E-state index >= 15 is 0 Å². The second kappa shape index (κ2) is 5.36. The van der Waals surface area contributed by atoms with E-state index in [2.05, 4.69) is 10.5 Å². The van der Waals surface area contributed by atoms with Crippen molar-refractivity contribution < 1.29 is 23.7 Å². The maximum absolute atomic E-state index is 5.94. The van der Waals surface area contributed by atoms with Crippen molar-refractivity contribution in [3.8, 4) is 0 Å². The number of hydrogen-bond donors (Lipinski definition) is 2. The van der Waals surface area contributed by atoms with Crippen molar-refractivity contribution in [2.45, 2.75) is 63.9 Å². The molecule has 0 saturated carbocycles. The van der Waals surface area contributed by atoms with Crippen molar-refractivity contribution in [1.29, 1.82) is 0 Å². The van der Waals surface area contributed by atoms with Crippen molar-refractivity contribution in [2.75, 3.05) is 6.61 Å². The molecule has 0 spiro atoms. The third-order valence-corrected chi connectivity index (χ3v) is 3.68. The first-order chi connectivity index (χ1) is 10.2. The predicted octanol–water partition coefficient (Wildman–Crippen LogP) is 0.204. The molecule has 0 aliphatic carbocycles. The molecule has 4 atom stereocenters. The van der Waals surface area contributed by atoms with Gasteiger partial charge in [0.2, 0.25) is 0 Å². The third-order valence-electron chi connectivity index (χ3n) is 3.58. The highest BCUT2D eigenvalue weighted by atomic mass is 32.1. The van der Waals surface area contributed by atoms with E-state index in [-0.39, 0.29) is 11.2 Å². The van der Waals surface area contributed by atoms with Gasteiger partial charge < -0.3 is 29.4 Å². The predicted molar refractivity (Wildman–Crippen MR) is 81.0 cm³/mol. The van der Waals surface area contributed by atoms with Crippen molar-refractivity contribution in [2.24, 2.45) is 10.8 Å². The van der Waals surface area contributed by atoms with E-state index in [0.29, 0.717) is 12.3 Å². The van der Waals surface area contributed by atoms with Gasteiger partial charge in [-0.15, -0.1) is 0 Å². The number of nitrogens with one attached hydrogen (secondary N) is 1. The Morgan fingerprint density at radius 3 is 2.50 bits per heavy atom. The molecule has 8 nitrogen and oxygen atoms in total. The van der Waals surface area contributed by atoms with Gasteiger partial charge in [-0.05, 0) is 39.9 Å². The van der Waals surface area contributed by atoms with Gasteiger partial charge in [0.1, 0.15) is 17.9 Å². The molecule has 0 amide bonds. The fraction of sp³-hybridized carbons (Fsp3) is 0.846. The Kier molecular flexibility index (Phi) is 3.91. The zero-order chi connectivity index (χ0) is 16.1. The molecule has 22 heavy (non-hydrogen) atoms. The summed E-state index contributed by atoms with van der Waals surface area (Å²) >= 11 is 4.80. The quantitative estimate of drug-likeness (QED) is 0.547. The van der Waals surface area contributed by atoms with E-state index in [1.165, 1.54) is 0 Å². The summed E-state index contributed by atoms with van der Waals surface area (Å²) in [6.07, 6.45) is -1.73. The van der Waals surface area contributed by atoms with Crippen LogP contribution < -0.4 is 11.2 Å². The van der Waals surface area contributed by atoms with Crippen LogP contribution in [0, 0.1) is 0 Å². The summed E-state index contributed by atoms with van der Waals surface area (Å²) in [5, 5.41) is 4.31. The minimum Gasteiger partial charge on any atom is -0.375 e. The topological polar surface area (TPSA) is 96.6 Å². The van der Waals surface area contributed by atoms with Crippen LogP contribution in [0.4, 0.5) is 0 Å². The Morgan fingerprint density at radius 2 is 1.91 bits per heavy atom. The van der Waals surface area contributed by atoms with Crippen molar-refractivity contribution in [3.63, 3.8) is 0 Å². The molecule has 1 unspecified atom stereocenters. The molecular formula is C13H21N3O5S. The molecule has 3 fully saturated rings. The van der Waals surface area contributed by atoms with Crippen LogP contribution in [-0.4, -0.2) is 53.6 Å². The fourth-order valence-electron chi connectivity index (χ4n) is 2.80. The molecule has 3 heterocycles. The van der Waals surface area contributed by atoms with Crippen LogP contribution in [0.15, 0.2) is 5.10 Å². The van der Waals surface area contributed by atoms with Crippen LogP contribution in [0.3, 0.4) is 0 Å². The molecule has 3 aliphatic heterocycles. The average Bonchev–Trinajstić information content (AvgIpc) is 2.96. The molecule has 0 aromatic rings. The molecule has 0 aromatic heterocycles. The number of rotatable bonds is 2. The monoisotopic (exact) mass is 331 g/mol. The smallest absolute Gasteiger partial charge is 0.193 e. The minimum atomic E-state index is -0.739. The molecule has 3 aliphatic rings. The fourth-order valence-corrected chi connectivity index (χ4v) is 2.84. The van der Waals surface area contributed by atoms with Crippen LogP contribution in [0.2, 0.25) is 0 Å². The summed E-state index contributed by atoms with van der Waals surface area (Å²) < 4.78 is 29.0. The first kappa shape index (κ1) is 16.0. The zero-order valence-electron chi connectivity index (χ0n) is 13.0. The summed E-state index contributed by atoms with van der Waals surface area (Å²) in [5.41, 5.74) is 8.64. The van der Waals surface area contributed by atoms with Crippen LogP contribution in [0.25, 0.3) is 0 Å². The summed E-state index contributed by atoms with van der Waals surface area (Å²) in [6.45, 7) is 7.74. The van der Waals surface area contributed by atoms with E-state index in [0.717, 1.165) is 0 Å². The van der Waals surface area contributed by atoms with Crippen LogP contribution in [0.1, 0.15) is 27.7 Å². The minimum absolute atomic E-state index is 0.0665. The summed E-state index contributed by atoms with van der Waals surface area (Å²) in [6, 6.07) is 0. The first-order valence-electron chi connectivity index (χ1n) is 7.13. The van der Waals surface area contributed by atoms with Gasteiger partial charge in [-0.3, -0.25) is 5.43 Å². The largest absolute Gasteiger partial charge is 0.375 e. The SMILES string of the molecule is CC1(C)OCC([C@H]2O[C@@H]3OC(C)(C)O[C@@H]3/C2=N\NC(N)=S)O1. The highest BCUT2D eigenvalue weighted by Gasteiger charge is 2.56. The normalized spacial score (nSPS) is 40.8. The lowest BCUT2D eigenvalue weighted by molar-refractivity contribution is -0.211. The molecule has 3 N–H and O–H groups in total. The highest BCUT2D eigenvalue weighted by molar-refractivity contribution is 7.80. The van der Waals surface area contributed by atoms with Gasteiger partial charge in [-0.25, -0.2) is 0 Å². The highest BCUT2D eigenvalue weighted by Crippen LogP contribution is 2.39. The molecule has 3 saturated heterocycles. The standard InChI is InChI=1S/C13H21N3O5S/c1-12(2)17-5-6(19-12)8-7(15-16-11(14)22)9-10(18-8)21-13(3,4)20-9/h6,8-10H,5H2,1-4H3,(H3,14,16,22)/b15-7-/t6?,8-,9-,10-/m1/s1. The Morgan fingerprint density at radius 1 is 1.18 bits per heavy atom. The lowest BCUT2D eigenvalue weighted by Gasteiger charge is -2.24. The Balaban J connectivity index is 1.81. The third kappa shape index (κ3) is 3.10. The Bertz CT molecular complexity index is 510. The Hall–Kier alpha value is -0.840. The maximum atomic E-state index is 5.94. The van der Waals surface area contributed by atoms with E-state index in [4.69, 9.17) is 41.6 Å². The molecule has 0 radical (unpaired) electrons. The van der Waals surface area contributed by atoms with Gasteiger partial charge in [-0.2, -0.15) is 5.10 Å². The van der Waals surface area contributed by atoms with Gasteiger partial charge in [0.25, 0.3) is 0 Å². The molecule has 0 bridgehead atoms. The number of hydrazone groups is 1. The number of thiocarbonyl (C=S) groups is 1. The Labute approximate surface area is 134 Å². The lowest BCUT2D eigenvalue weighted by atomic mass is 10.1. The van der Waals surface area contributed by atoms with Gasteiger partial charge in [0.15, 0.2) is 29.1 Å². The number of hydrogen-bond acceptors (Lipinski definition) is 7. The van der Waals surface area contributed by atoms with Crippen LogP contribution in [-0.2, 0) is 23.7 Å². The number of fused-ring (bicyclic) bond motifs is 1. The van der Waals surface area contributed by atoms with Crippen LogP contribution in [0.5, 0.6) is 0 Å². The van der Waals surface area contributed by atoms with Crippen molar-refractivity contribution in [3.05, 3.63) is 0 Å². The van der Waals surface area contributed by atoms with Crippen molar-refractivity contribution >= 4 is 23.0 Å². The molecule has 0 aromatic carbocycles. The zero-order valence-corrected chi connectivity index (χ0v) is 13.8. The number of ether oxygens (including phenoxy) is 5. The second-order valence-corrected chi connectivity index (χ2v) is 6.80. The number of nitrogens with zero attached hydrogens (tertiary/aromatic N) is 1. The van der Waals surface area contributed by atoms with Crippen molar-refractivity contribution in [1.82, 2.24) is 5.43 Å². The molecule has 9 heteroatoms. The van der Waals surface area contributed by atoms with E-state index < -0.39 is 30.1 Å². The van der Waals surface area contributed by atoms with Gasteiger partial charge in [0, 0.05) is 0 Å². The molecular weight excluding hydrogens is 310 g/mol. The van der Waals surface area contributed by atoms with E-state index in [1.54, 1.807) is 0 Å². The number of nitrogens with two attached hydrogens (primary N) is 1. The van der Waals surface area contributed by atoms with E-state index in [9.17, 15) is 0 Å².